The van der Waals surface area contributed by atoms with E-state index in [9.17, 15) is 0 Å². The molecule has 0 aliphatic carbocycles. The second-order valence-corrected chi connectivity index (χ2v) is 8.23. The Morgan fingerprint density at radius 3 is 2.29 bits per heavy atom. The molecule has 0 radical (unpaired) electrons. The van der Waals surface area contributed by atoms with Crippen LogP contribution in [0.15, 0.2) is 29.3 Å². The number of rotatable bonds is 8. The molecule has 0 bridgehead atoms. The minimum Gasteiger partial charge on any atom is -0.497 e. The summed E-state index contributed by atoms with van der Waals surface area (Å²) in [6.07, 6.45) is 0.911. The highest BCUT2D eigenvalue weighted by Gasteiger charge is 2.11. The molecule has 2 heterocycles. The first-order valence-corrected chi connectivity index (χ1v) is 11.6. The highest BCUT2D eigenvalue weighted by Crippen LogP contribution is 2.25. The van der Waals surface area contributed by atoms with Crippen molar-refractivity contribution in [2.24, 2.45) is 4.99 Å². The zero-order chi connectivity index (χ0) is 24.3. The van der Waals surface area contributed by atoms with Crippen molar-refractivity contribution >= 4 is 34.9 Å². The van der Waals surface area contributed by atoms with Gasteiger partial charge in [-0.15, -0.1) is 0 Å². The van der Waals surface area contributed by atoms with Crippen molar-refractivity contribution in [3.8, 4) is 11.5 Å². The molecule has 10 nitrogen and oxygen atoms in total. The normalized spacial score (nSPS) is 14.4. The molecule has 34 heavy (non-hydrogen) atoms. The zero-order valence-electron chi connectivity index (χ0n) is 20.2. The molecule has 0 spiro atoms. The number of methoxy groups -OCH3 is 2. The van der Waals surface area contributed by atoms with E-state index in [1.807, 2.05) is 32.0 Å². The van der Waals surface area contributed by atoms with Crippen LogP contribution in [0, 0.1) is 13.8 Å². The predicted molar refractivity (Wildman–Crippen MR) is 138 cm³/mol. The van der Waals surface area contributed by atoms with E-state index in [4.69, 9.17) is 31.4 Å². The van der Waals surface area contributed by atoms with Crippen LogP contribution in [0.4, 0.5) is 11.6 Å². The summed E-state index contributed by atoms with van der Waals surface area (Å²) in [5.74, 6) is 2.24. The van der Waals surface area contributed by atoms with Gasteiger partial charge in [0.1, 0.15) is 11.5 Å². The van der Waals surface area contributed by atoms with Gasteiger partial charge in [-0.25, -0.2) is 9.97 Å². The van der Waals surface area contributed by atoms with Crippen molar-refractivity contribution in [3.05, 3.63) is 35.7 Å². The Hall–Kier alpha value is -3.02. The number of aliphatic imine (C=N–C) groups is 1. The van der Waals surface area contributed by atoms with Crippen molar-refractivity contribution in [1.29, 1.82) is 0 Å². The van der Waals surface area contributed by atoms with Gasteiger partial charge in [-0.2, -0.15) is 0 Å². The van der Waals surface area contributed by atoms with Gasteiger partial charge < -0.3 is 24.8 Å². The SMILES string of the molecule is COc1cc(NC(=S)NC(=NCCCN2CCOCC2)Nc2nc(C)cc(C)n2)cc(OC)c1. The zero-order valence-corrected chi connectivity index (χ0v) is 21.0. The molecule has 0 saturated carbocycles. The van der Waals surface area contributed by atoms with Crippen LogP contribution >= 0.6 is 12.2 Å². The van der Waals surface area contributed by atoms with Crippen LogP contribution < -0.4 is 25.4 Å². The Kier molecular flexibility index (Phi) is 9.80. The predicted octanol–water partition coefficient (Wildman–Crippen LogP) is 2.59. The van der Waals surface area contributed by atoms with Crippen LogP contribution in [0.25, 0.3) is 0 Å². The quantitative estimate of drug-likeness (QED) is 0.223. The molecule has 1 saturated heterocycles. The second-order valence-electron chi connectivity index (χ2n) is 7.82. The molecule has 184 valence electrons. The fourth-order valence-electron chi connectivity index (χ4n) is 3.46. The van der Waals surface area contributed by atoms with Crippen molar-refractivity contribution in [1.82, 2.24) is 20.2 Å². The molecule has 3 N–H and O–H groups in total. The minimum atomic E-state index is 0.360. The molecule has 1 fully saturated rings. The van der Waals surface area contributed by atoms with Crippen LogP contribution in [-0.2, 0) is 4.74 Å². The first-order valence-electron chi connectivity index (χ1n) is 11.2. The highest BCUT2D eigenvalue weighted by molar-refractivity contribution is 7.80. The first kappa shape index (κ1) is 25.6. The molecule has 1 aromatic carbocycles. The Morgan fingerprint density at radius 2 is 1.68 bits per heavy atom. The summed E-state index contributed by atoms with van der Waals surface area (Å²) >= 11 is 5.53. The van der Waals surface area contributed by atoms with Gasteiger partial charge in [0.2, 0.25) is 11.9 Å². The van der Waals surface area contributed by atoms with E-state index in [2.05, 4.69) is 30.8 Å². The standard InChI is InChI=1S/C23H33N7O3S/c1-16-12-17(2)26-22(25-16)28-21(24-6-5-7-30-8-10-33-11-9-30)29-23(34)27-18-13-19(31-3)15-20(14-18)32-4/h12-15H,5-11H2,1-4H3,(H3,24,25,26,27,28,29,34). The third-order valence-corrected chi connectivity index (χ3v) is 5.26. The van der Waals surface area contributed by atoms with Gasteiger partial charge in [-0.05, 0) is 38.6 Å². The van der Waals surface area contributed by atoms with Crippen molar-refractivity contribution in [2.75, 3.05) is 64.2 Å². The number of guanidine groups is 1. The average molecular weight is 488 g/mol. The van der Waals surface area contributed by atoms with Crippen LogP contribution in [0.1, 0.15) is 17.8 Å². The molecule has 11 heteroatoms. The number of aryl methyl sites for hydroxylation is 2. The number of anilines is 2. The van der Waals surface area contributed by atoms with E-state index in [-0.39, 0.29) is 0 Å². The smallest absolute Gasteiger partial charge is 0.229 e. The lowest BCUT2D eigenvalue weighted by molar-refractivity contribution is 0.0377. The first-order chi connectivity index (χ1) is 16.4. The van der Waals surface area contributed by atoms with E-state index < -0.39 is 0 Å². The summed E-state index contributed by atoms with van der Waals surface area (Å²) in [6.45, 7) is 8.93. The van der Waals surface area contributed by atoms with Gasteiger partial charge >= 0.3 is 0 Å². The van der Waals surface area contributed by atoms with Crippen molar-refractivity contribution in [2.45, 2.75) is 20.3 Å². The Morgan fingerprint density at radius 1 is 1.03 bits per heavy atom. The van der Waals surface area contributed by atoms with Crippen LogP contribution in [0.2, 0.25) is 0 Å². The van der Waals surface area contributed by atoms with Gasteiger partial charge in [-0.1, -0.05) is 0 Å². The number of hydrogen-bond donors (Lipinski definition) is 3. The molecule has 3 rings (SSSR count). The number of aromatic nitrogens is 2. The lowest BCUT2D eigenvalue weighted by atomic mass is 10.3. The largest absolute Gasteiger partial charge is 0.497 e. The topological polar surface area (TPSA) is 105 Å². The van der Waals surface area contributed by atoms with Crippen molar-refractivity contribution < 1.29 is 14.2 Å². The summed E-state index contributed by atoms with van der Waals surface area (Å²) in [4.78, 5) is 16.0. The maximum atomic E-state index is 5.53. The van der Waals surface area contributed by atoms with E-state index in [1.165, 1.54) is 0 Å². The summed E-state index contributed by atoms with van der Waals surface area (Å²) in [5.41, 5.74) is 2.46. The molecule has 0 unspecified atom stereocenters. The van der Waals surface area contributed by atoms with Gasteiger partial charge in [0, 0.05) is 61.5 Å². The highest BCUT2D eigenvalue weighted by atomic mass is 32.1. The second kappa shape index (κ2) is 13.0. The van der Waals surface area contributed by atoms with Gasteiger partial charge in [0.25, 0.3) is 0 Å². The van der Waals surface area contributed by atoms with Crippen molar-refractivity contribution in [3.63, 3.8) is 0 Å². The van der Waals surface area contributed by atoms with Crippen LogP contribution in [0.3, 0.4) is 0 Å². The van der Waals surface area contributed by atoms with E-state index in [0.717, 1.165) is 56.3 Å². The Bertz CT molecular complexity index is 954. The van der Waals surface area contributed by atoms with E-state index in [0.29, 0.717) is 35.1 Å². The molecule has 1 aliphatic rings. The monoisotopic (exact) mass is 487 g/mol. The average Bonchev–Trinajstić information content (AvgIpc) is 2.81. The lowest BCUT2D eigenvalue weighted by Crippen LogP contribution is -2.39. The maximum Gasteiger partial charge on any atom is 0.229 e. The maximum absolute atomic E-state index is 5.53. The third-order valence-electron chi connectivity index (χ3n) is 5.06. The minimum absolute atomic E-state index is 0.360. The Balaban J connectivity index is 1.66. The summed E-state index contributed by atoms with van der Waals surface area (Å²) in [5, 5.41) is 9.81. The Labute approximate surface area is 206 Å². The van der Waals surface area contributed by atoms with Gasteiger partial charge in [0.15, 0.2) is 5.11 Å². The molecule has 0 amide bonds. The van der Waals surface area contributed by atoms with Crippen LogP contribution in [0.5, 0.6) is 11.5 Å². The number of thiocarbonyl (C=S) groups is 1. The molecule has 1 aromatic heterocycles. The fourth-order valence-corrected chi connectivity index (χ4v) is 3.67. The van der Waals surface area contributed by atoms with Gasteiger partial charge in [0.05, 0.1) is 27.4 Å². The number of benzene rings is 1. The number of nitrogens with zero attached hydrogens (tertiary/aromatic N) is 4. The van der Waals surface area contributed by atoms with E-state index >= 15 is 0 Å². The van der Waals surface area contributed by atoms with Gasteiger partial charge in [-0.3, -0.25) is 15.2 Å². The number of hydrogen-bond acceptors (Lipinski definition) is 8. The van der Waals surface area contributed by atoms with E-state index in [1.54, 1.807) is 20.3 Å². The summed E-state index contributed by atoms with van der Waals surface area (Å²) in [7, 11) is 3.20. The lowest BCUT2D eigenvalue weighted by Gasteiger charge is -2.26. The fraction of sp³-hybridized carbons (Fsp3) is 0.478. The third kappa shape index (κ3) is 8.40. The van der Waals surface area contributed by atoms with Crippen LogP contribution in [-0.4, -0.2) is 79.6 Å². The number of nitrogens with one attached hydrogen (secondary N) is 3. The molecule has 2 aromatic rings. The molecular formula is C23H33N7O3S. The molecule has 1 aliphatic heterocycles. The number of ether oxygens (including phenoxy) is 3. The number of morpholine rings is 1. The molecular weight excluding hydrogens is 454 g/mol. The molecule has 0 atom stereocenters. The summed E-state index contributed by atoms with van der Waals surface area (Å²) < 4.78 is 16.1. The summed E-state index contributed by atoms with van der Waals surface area (Å²) in [6, 6.07) is 7.37.